The van der Waals surface area contributed by atoms with Crippen molar-refractivity contribution in [3.8, 4) is 11.1 Å². The molecule has 17 nitrogen and oxygen atoms in total. The Morgan fingerprint density at radius 1 is 0.857 bits per heavy atom. The molecule has 7 N–H and O–H groups in total. The number of aliphatic hydroxyl groups excluding tert-OH is 1. The summed E-state index contributed by atoms with van der Waals surface area (Å²) in [5.41, 5.74) is 6.16. The highest BCUT2D eigenvalue weighted by Crippen LogP contribution is 2.41. The lowest BCUT2D eigenvalue weighted by Gasteiger charge is -2.41. The van der Waals surface area contributed by atoms with Gasteiger partial charge < -0.3 is 41.6 Å². The minimum absolute atomic E-state index is 0.0285. The summed E-state index contributed by atoms with van der Waals surface area (Å²) in [6.07, 6.45) is 3.25. The Morgan fingerprint density at radius 3 is 2.14 bits per heavy atom. The summed E-state index contributed by atoms with van der Waals surface area (Å²) in [6, 6.07) is 10.1. The number of aromatic nitrogens is 1. The van der Waals surface area contributed by atoms with Gasteiger partial charge in [-0.1, -0.05) is 58.0 Å². The van der Waals surface area contributed by atoms with Gasteiger partial charge >= 0.3 is 0 Å². The number of nitrogens with zero attached hydrogens (tertiary/aromatic N) is 3. The van der Waals surface area contributed by atoms with E-state index in [9.17, 15) is 47.9 Å². The van der Waals surface area contributed by atoms with E-state index in [-0.39, 0.29) is 44.6 Å². The predicted molar refractivity (Wildman–Crippen MR) is 225 cm³/mol. The molecule has 1 aliphatic heterocycles. The Bertz CT molecular complexity index is 2190. The summed E-state index contributed by atoms with van der Waals surface area (Å²) in [5.74, 6) is -7.33. The monoisotopic (exact) mass is 876 g/mol. The molecule has 2 heterocycles. The van der Waals surface area contributed by atoms with Gasteiger partial charge in [0, 0.05) is 67.8 Å². The van der Waals surface area contributed by atoms with Crippen LogP contribution in [0.25, 0.3) is 11.1 Å². The first-order valence-corrected chi connectivity index (χ1v) is 20.4. The van der Waals surface area contributed by atoms with E-state index in [1.807, 2.05) is 51.1 Å². The van der Waals surface area contributed by atoms with E-state index in [0.717, 1.165) is 40.8 Å². The molecule has 3 aromatic rings. The van der Waals surface area contributed by atoms with E-state index >= 15 is 4.39 Å². The van der Waals surface area contributed by atoms with E-state index in [2.05, 4.69) is 21.3 Å². The first-order chi connectivity index (χ1) is 29.8. The van der Waals surface area contributed by atoms with Crippen LogP contribution in [0.1, 0.15) is 70.7 Å². The van der Waals surface area contributed by atoms with Gasteiger partial charge in [-0.05, 0) is 48.1 Å². The van der Waals surface area contributed by atoms with Crippen molar-refractivity contribution in [2.75, 3.05) is 32.8 Å². The first-order valence-electron chi connectivity index (χ1n) is 20.4. The second-order valence-corrected chi connectivity index (χ2v) is 16.0. The van der Waals surface area contributed by atoms with Crippen LogP contribution in [-0.4, -0.2) is 112 Å². The quantitative estimate of drug-likeness (QED) is 0.0634. The number of imide groups is 1. The molecule has 2 aromatic carbocycles. The number of carbonyl (C=O) groups excluding carboxylic acids is 8. The minimum Gasteiger partial charge on any atom is -0.387 e. The van der Waals surface area contributed by atoms with Gasteiger partial charge in [0.05, 0.1) is 12.5 Å². The van der Waals surface area contributed by atoms with Crippen molar-refractivity contribution < 1.29 is 52.2 Å². The molecule has 0 saturated carbocycles. The number of rotatable bonds is 22. The third-order valence-electron chi connectivity index (χ3n) is 10.0. The molecule has 4 rings (SSSR count). The Kier molecular flexibility index (Phi) is 17.4. The Morgan fingerprint density at radius 2 is 1.52 bits per heavy atom. The number of amides is 8. The molecule has 1 aromatic heterocycles. The Balaban J connectivity index is 1.68. The molecule has 8 amide bonds. The number of benzene rings is 2. The number of aliphatic hydroxyl groups is 1. The van der Waals surface area contributed by atoms with Gasteiger partial charge in [-0.15, -0.1) is 0 Å². The molecular formula is C44H54F2N8O9. The summed E-state index contributed by atoms with van der Waals surface area (Å²) < 4.78 is 31.5. The molecule has 63 heavy (non-hydrogen) atoms. The van der Waals surface area contributed by atoms with Gasteiger partial charge in [0.25, 0.3) is 11.8 Å². The summed E-state index contributed by atoms with van der Waals surface area (Å²) in [4.78, 5) is 104. The molecule has 0 saturated heterocycles. The number of halogens is 2. The van der Waals surface area contributed by atoms with E-state index in [1.54, 1.807) is 23.8 Å². The maximum Gasteiger partial charge on any atom is 0.254 e. The normalized spacial score (nSPS) is 13.9. The number of hydrogen-bond acceptors (Lipinski definition) is 9. The van der Waals surface area contributed by atoms with E-state index in [0.29, 0.717) is 17.7 Å². The lowest BCUT2D eigenvalue weighted by molar-refractivity contribution is -0.141. The molecule has 0 spiro atoms. The second kappa shape index (κ2) is 22.4. The zero-order chi connectivity index (χ0) is 46.4. The summed E-state index contributed by atoms with van der Waals surface area (Å²) >= 11 is 0. The van der Waals surface area contributed by atoms with Gasteiger partial charge in [0.2, 0.25) is 35.4 Å². The highest BCUT2D eigenvalue weighted by molar-refractivity contribution is 6.14. The van der Waals surface area contributed by atoms with Gasteiger partial charge in [0.1, 0.15) is 36.9 Å². The molecule has 0 fully saturated rings. The highest BCUT2D eigenvalue weighted by atomic mass is 19.1. The maximum absolute atomic E-state index is 15.2. The predicted octanol–water partition coefficient (Wildman–Crippen LogP) is 1.58. The minimum atomic E-state index is -1.47. The molecule has 0 radical (unpaired) electrons. The third kappa shape index (κ3) is 13.9. The van der Waals surface area contributed by atoms with Crippen molar-refractivity contribution in [1.29, 1.82) is 0 Å². The fourth-order valence-electron chi connectivity index (χ4n) is 7.11. The van der Waals surface area contributed by atoms with E-state index in [4.69, 9.17) is 5.73 Å². The molecule has 0 aliphatic carbocycles. The fourth-order valence-corrected chi connectivity index (χ4v) is 7.11. The van der Waals surface area contributed by atoms with Crippen LogP contribution in [-0.2, 0) is 44.9 Å². The van der Waals surface area contributed by atoms with Crippen LogP contribution in [0.5, 0.6) is 0 Å². The number of carbonyl (C=O) groups is 8. The van der Waals surface area contributed by atoms with Gasteiger partial charge in [-0.3, -0.25) is 43.3 Å². The molecule has 0 bridgehead atoms. The van der Waals surface area contributed by atoms with Crippen LogP contribution in [0.3, 0.4) is 0 Å². The molecular weight excluding hydrogens is 823 g/mol. The smallest absolute Gasteiger partial charge is 0.254 e. The zero-order valence-electron chi connectivity index (χ0n) is 35.6. The SMILES string of the molecule is CCCC(=O)N[C@@H](CC(N)=O)C(=O)N[C@@H](CCN(C(=O)CO)[C@@H](c1cc(-c2cc(F)ccc2F)cn1Cc1ccccc1)C(C)(C)C)C(=O)NCCNC(=O)CN1C(=O)C=CC1=O. The molecule has 1 aliphatic rings. The van der Waals surface area contributed by atoms with Crippen molar-refractivity contribution in [3.05, 3.63) is 95.8 Å². The van der Waals surface area contributed by atoms with Crippen LogP contribution < -0.4 is 27.0 Å². The first kappa shape index (κ1) is 48.9. The Hall–Kier alpha value is -6.76. The van der Waals surface area contributed by atoms with Gasteiger partial charge in [-0.2, -0.15) is 0 Å². The van der Waals surface area contributed by atoms with E-state index < -0.39 is 102 Å². The van der Waals surface area contributed by atoms with Crippen LogP contribution in [0, 0.1) is 17.0 Å². The molecule has 338 valence electrons. The fraction of sp³-hybridized carbons (Fsp3) is 0.409. The molecule has 0 unspecified atom stereocenters. The summed E-state index contributed by atoms with van der Waals surface area (Å²) in [6.45, 7) is 5.29. The average molecular weight is 877 g/mol. The lowest BCUT2D eigenvalue weighted by atomic mass is 9.82. The van der Waals surface area contributed by atoms with Crippen molar-refractivity contribution >= 4 is 47.3 Å². The standard InChI is InChI=1S/C44H54F2N8O9/c1-5-9-36(57)50-33(22-35(47)56)43(63)51-32(42(62)49-18-17-48-37(58)25-54-38(59)14-15-39(54)60)16-19-53(40(61)26-55)41(44(2,3)4)34-20-28(30-21-29(45)12-13-31(30)46)24-52(34)23-27-10-7-6-8-11-27/h6-8,10-15,20-21,24,32-33,41,55H,5,9,16-19,22-23,25-26H2,1-4H3,(H2,47,56)(H,48,58)(H,49,62)(H,50,57)(H,51,63)/t32-,33-,41-/m0/s1. The van der Waals surface area contributed by atoms with Crippen molar-refractivity contribution in [2.24, 2.45) is 11.1 Å². The van der Waals surface area contributed by atoms with Crippen molar-refractivity contribution in [3.63, 3.8) is 0 Å². The van der Waals surface area contributed by atoms with Crippen LogP contribution >= 0.6 is 0 Å². The topological polar surface area (TPSA) is 242 Å². The van der Waals surface area contributed by atoms with Crippen LogP contribution in [0.15, 0.2) is 72.9 Å². The second-order valence-electron chi connectivity index (χ2n) is 16.0. The highest BCUT2D eigenvalue weighted by Gasteiger charge is 2.38. The number of nitrogens with two attached hydrogens (primary N) is 1. The lowest BCUT2D eigenvalue weighted by Crippen LogP contribution is -2.56. The number of hydrogen-bond donors (Lipinski definition) is 6. The summed E-state index contributed by atoms with van der Waals surface area (Å²) in [5, 5.41) is 20.4. The number of nitrogens with one attached hydrogen (secondary N) is 4. The zero-order valence-corrected chi connectivity index (χ0v) is 35.6. The maximum atomic E-state index is 15.2. The van der Waals surface area contributed by atoms with Crippen molar-refractivity contribution in [1.82, 2.24) is 35.6 Å². The van der Waals surface area contributed by atoms with Crippen LogP contribution in [0.4, 0.5) is 8.78 Å². The summed E-state index contributed by atoms with van der Waals surface area (Å²) in [7, 11) is 0. The largest absolute Gasteiger partial charge is 0.387 e. The average Bonchev–Trinajstić information content (AvgIpc) is 3.77. The third-order valence-corrected chi connectivity index (χ3v) is 10.0. The Labute approximate surface area is 363 Å². The van der Waals surface area contributed by atoms with Gasteiger partial charge in [-0.25, -0.2) is 8.78 Å². The molecule has 3 atom stereocenters. The molecule has 19 heteroatoms. The van der Waals surface area contributed by atoms with Crippen molar-refractivity contribution in [2.45, 2.75) is 78.0 Å². The number of primary amides is 1. The van der Waals surface area contributed by atoms with E-state index in [1.165, 1.54) is 4.90 Å². The van der Waals surface area contributed by atoms with Crippen LogP contribution in [0.2, 0.25) is 0 Å². The van der Waals surface area contributed by atoms with Gasteiger partial charge in [0.15, 0.2) is 0 Å².